The summed E-state index contributed by atoms with van der Waals surface area (Å²) in [6.45, 7) is 0.602. The number of nitrogens with zero attached hydrogens (tertiary/aromatic N) is 4. The van der Waals surface area contributed by atoms with Crippen molar-refractivity contribution in [2.45, 2.75) is 6.54 Å². The largest absolute Gasteiger partial charge is 0.339 e. The first-order valence-corrected chi connectivity index (χ1v) is 5.65. The minimum Gasteiger partial charge on any atom is -0.339 e. The van der Waals surface area contributed by atoms with Crippen LogP contribution in [0.4, 0.5) is 0 Å². The molecule has 90 valence electrons. The predicted molar refractivity (Wildman–Crippen MR) is 67.4 cm³/mol. The maximum absolute atomic E-state index is 11.1. The third kappa shape index (κ3) is 1.60. The molecule has 5 heteroatoms. The van der Waals surface area contributed by atoms with Crippen LogP contribution in [0.1, 0.15) is 16.2 Å². The molecular formula is C13H12N4O. The molecule has 0 atom stereocenters. The maximum Gasteiger partial charge on any atom is 0.152 e. The number of fused-ring (bicyclic) bond motifs is 1. The molecule has 3 rings (SSSR count). The summed E-state index contributed by atoms with van der Waals surface area (Å²) in [6, 6.07) is 7.84. The topological polar surface area (TPSA) is 52.7 Å². The second kappa shape index (κ2) is 4.10. The zero-order valence-electron chi connectivity index (χ0n) is 9.95. The minimum atomic E-state index is 0.602. The summed E-state index contributed by atoms with van der Waals surface area (Å²) in [6.07, 6.45) is 4.27. The summed E-state index contributed by atoms with van der Waals surface area (Å²) in [7, 11) is 1.86. The lowest BCUT2D eigenvalue weighted by atomic mass is 10.2. The van der Waals surface area contributed by atoms with Gasteiger partial charge in [-0.15, -0.1) is 0 Å². The Bertz CT molecular complexity index is 711. The molecule has 0 saturated carbocycles. The fraction of sp³-hybridized carbons (Fsp3) is 0.154. The second-order valence-electron chi connectivity index (χ2n) is 4.15. The predicted octanol–water partition coefficient (Wildman–Crippen LogP) is 1.63. The Hall–Kier alpha value is -2.43. The first-order chi connectivity index (χ1) is 8.79. The SMILES string of the molecule is Cn1ncnc1Cn1cc(C=O)c2ccccc21. The fourth-order valence-corrected chi connectivity index (χ4v) is 2.12. The average molecular weight is 240 g/mol. The lowest BCUT2D eigenvalue weighted by Gasteiger charge is -2.04. The summed E-state index contributed by atoms with van der Waals surface area (Å²) < 4.78 is 3.75. The fourth-order valence-electron chi connectivity index (χ4n) is 2.12. The van der Waals surface area contributed by atoms with E-state index >= 15 is 0 Å². The van der Waals surface area contributed by atoms with Crippen molar-refractivity contribution in [3.8, 4) is 0 Å². The molecule has 0 amide bonds. The van der Waals surface area contributed by atoms with Gasteiger partial charge in [0.2, 0.25) is 0 Å². The van der Waals surface area contributed by atoms with Crippen LogP contribution in [0.15, 0.2) is 36.8 Å². The summed E-state index contributed by atoms with van der Waals surface area (Å²) in [5.41, 5.74) is 1.73. The van der Waals surface area contributed by atoms with Gasteiger partial charge < -0.3 is 4.57 Å². The molecule has 0 aliphatic heterocycles. The molecule has 0 saturated heterocycles. The van der Waals surface area contributed by atoms with E-state index in [1.807, 2.05) is 42.1 Å². The van der Waals surface area contributed by atoms with E-state index in [1.165, 1.54) is 6.33 Å². The normalized spacial score (nSPS) is 10.9. The number of para-hydroxylation sites is 1. The molecule has 18 heavy (non-hydrogen) atoms. The van der Waals surface area contributed by atoms with Crippen LogP contribution < -0.4 is 0 Å². The van der Waals surface area contributed by atoms with Crippen molar-refractivity contribution < 1.29 is 4.79 Å². The van der Waals surface area contributed by atoms with Crippen molar-refractivity contribution in [3.63, 3.8) is 0 Å². The van der Waals surface area contributed by atoms with Gasteiger partial charge in [-0.3, -0.25) is 9.48 Å². The number of hydrogen-bond donors (Lipinski definition) is 0. The first kappa shape index (κ1) is 10.7. The monoisotopic (exact) mass is 240 g/mol. The molecule has 0 bridgehead atoms. The molecule has 0 unspecified atom stereocenters. The Morgan fingerprint density at radius 2 is 2.17 bits per heavy atom. The molecule has 3 aromatic rings. The number of benzene rings is 1. The van der Waals surface area contributed by atoms with E-state index in [-0.39, 0.29) is 0 Å². The molecule has 0 aliphatic carbocycles. The summed E-state index contributed by atoms with van der Waals surface area (Å²) >= 11 is 0. The number of rotatable bonds is 3. The number of hydrogen-bond acceptors (Lipinski definition) is 3. The first-order valence-electron chi connectivity index (χ1n) is 5.65. The van der Waals surface area contributed by atoms with Crippen LogP contribution in [0.3, 0.4) is 0 Å². The van der Waals surface area contributed by atoms with Crippen molar-refractivity contribution in [2.24, 2.45) is 7.05 Å². The van der Waals surface area contributed by atoms with Gasteiger partial charge in [0.25, 0.3) is 0 Å². The van der Waals surface area contributed by atoms with E-state index in [2.05, 4.69) is 10.1 Å². The number of carbonyl (C=O) groups is 1. The van der Waals surface area contributed by atoms with Crippen molar-refractivity contribution >= 4 is 17.2 Å². The Kier molecular flexibility index (Phi) is 2.44. The van der Waals surface area contributed by atoms with Gasteiger partial charge in [0.05, 0.1) is 6.54 Å². The molecule has 0 N–H and O–H groups in total. The van der Waals surface area contributed by atoms with Gasteiger partial charge in [0.15, 0.2) is 6.29 Å². The summed E-state index contributed by atoms with van der Waals surface area (Å²) in [4.78, 5) is 15.3. The van der Waals surface area contributed by atoms with Gasteiger partial charge in [-0.2, -0.15) is 5.10 Å². The van der Waals surface area contributed by atoms with E-state index in [1.54, 1.807) is 4.68 Å². The van der Waals surface area contributed by atoms with Crippen molar-refractivity contribution in [3.05, 3.63) is 48.2 Å². The van der Waals surface area contributed by atoms with E-state index in [4.69, 9.17) is 0 Å². The van der Waals surface area contributed by atoms with E-state index in [0.717, 1.165) is 23.0 Å². The van der Waals surface area contributed by atoms with Crippen LogP contribution in [0.5, 0.6) is 0 Å². The smallest absolute Gasteiger partial charge is 0.152 e. The molecule has 2 aromatic heterocycles. The van der Waals surface area contributed by atoms with Gasteiger partial charge in [0, 0.05) is 29.7 Å². The third-order valence-electron chi connectivity index (χ3n) is 3.06. The Morgan fingerprint density at radius 3 is 2.89 bits per heavy atom. The van der Waals surface area contributed by atoms with Crippen molar-refractivity contribution in [1.29, 1.82) is 0 Å². The van der Waals surface area contributed by atoms with Gasteiger partial charge in [-0.1, -0.05) is 18.2 Å². The van der Waals surface area contributed by atoms with Crippen molar-refractivity contribution in [1.82, 2.24) is 19.3 Å². The van der Waals surface area contributed by atoms with Crippen LogP contribution in [0.2, 0.25) is 0 Å². The number of aryl methyl sites for hydroxylation is 1. The Labute approximate surface area is 104 Å². The number of aromatic nitrogens is 4. The quantitative estimate of drug-likeness (QED) is 0.654. The molecule has 0 aliphatic rings. The number of carbonyl (C=O) groups excluding carboxylic acids is 1. The van der Waals surface area contributed by atoms with Crippen molar-refractivity contribution in [2.75, 3.05) is 0 Å². The lowest BCUT2D eigenvalue weighted by Crippen LogP contribution is -2.05. The van der Waals surface area contributed by atoms with Gasteiger partial charge in [0.1, 0.15) is 12.2 Å². The molecule has 2 heterocycles. The molecule has 0 spiro atoms. The molecule has 0 radical (unpaired) electrons. The zero-order valence-corrected chi connectivity index (χ0v) is 9.95. The second-order valence-corrected chi connectivity index (χ2v) is 4.15. The number of aldehydes is 1. The van der Waals surface area contributed by atoms with Crippen LogP contribution in [-0.4, -0.2) is 25.6 Å². The third-order valence-corrected chi connectivity index (χ3v) is 3.06. The molecular weight excluding hydrogens is 228 g/mol. The highest BCUT2D eigenvalue weighted by Crippen LogP contribution is 2.20. The van der Waals surface area contributed by atoms with E-state index < -0.39 is 0 Å². The Morgan fingerprint density at radius 1 is 1.33 bits per heavy atom. The summed E-state index contributed by atoms with van der Waals surface area (Å²) in [5, 5.41) is 5.01. The van der Waals surface area contributed by atoms with Gasteiger partial charge >= 0.3 is 0 Å². The molecule has 5 nitrogen and oxygen atoms in total. The zero-order chi connectivity index (χ0) is 12.5. The molecule has 0 fully saturated rings. The minimum absolute atomic E-state index is 0.602. The average Bonchev–Trinajstić information content (AvgIpc) is 2.95. The molecule has 1 aromatic carbocycles. The lowest BCUT2D eigenvalue weighted by molar-refractivity contribution is 0.112. The highest BCUT2D eigenvalue weighted by Gasteiger charge is 2.09. The van der Waals surface area contributed by atoms with E-state index in [9.17, 15) is 4.79 Å². The summed E-state index contributed by atoms with van der Waals surface area (Å²) in [5.74, 6) is 0.855. The maximum atomic E-state index is 11.1. The standard InChI is InChI=1S/C13H12N4O/c1-16-13(14-9-15-16)7-17-6-10(8-18)11-4-2-3-5-12(11)17/h2-6,8-9H,7H2,1H3. The van der Waals surface area contributed by atoms with E-state index in [0.29, 0.717) is 12.1 Å². The van der Waals surface area contributed by atoms with Crippen LogP contribution in [0, 0.1) is 0 Å². The van der Waals surface area contributed by atoms with Gasteiger partial charge in [-0.05, 0) is 6.07 Å². The van der Waals surface area contributed by atoms with Crippen LogP contribution in [-0.2, 0) is 13.6 Å². The highest BCUT2D eigenvalue weighted by molar-refractivity contribution is 5.97. The Balaban J connectivity index is 2.12. The van der Waals surface area contributed by atoms with Gasteiger partial charge in [-0.25, -0.2) is 4.98 Å². The highest BCUT2D eigenvalue weighted by atomic mass is 16.1. The van der Waals surface area contributed by atoms with Crippen LogP contribution in [0.25, 0.3) is 10.9 Å². The van der Waals surface area contributed by atoms with Crippen LogP contribution >= 0.6 is 0 Å².